The fraction of sp³-hybridized carbons (Fsp3) is 0.182. The molecular weight excluding hydrogens is 459 g/mol. The van der Waals surface area contributed by atoms with Crippen molar-refractivity contribution < 1.29 is 19.0 Å². The van der Waals surface area contributed by atoms with Crippen LogP contribution in [-0.2, 0) is 0 Å². The van der Waals surface area contributed by atoms with Crippen LogP contribution in [0.2, 0.25) is 10.0 Å². The van der Waals surface area contributed by atoms with Crippen LogP contribution < -0.4 is 19.5 Å². The van der Waals surface area contributed by atoms with Gasteiger partial charge in [0.2, 0.25) is 5.75 Å². The van der Waals surface area contributed by atoms with E-state index in [0.29, 0.717) is 43.0 Å². The molecule has 31 heavy (non-hydrogen) atoms. The SMILES string of the molecule is COc1cc(/C=C/C(=O)c2sc(Nc3ccc(Cl)c(Cl)c3)nc2C)cc(OC)c1OC. The quantitative estimate of drug-likeness (QED) is 0.297. The number of aromatic nitrogens is 1. The van der Waals surface area contributed by atoms with Crippen molar-refractivity contribution in [1.29, 1.82) is 0 Å². The van der Waals surface area contributed by atoms with Gasteiger partial charge in [-0.15, -0.1) is 0 Å². The highest BCUT2D eigenvalue weighted by atomic mass is 35.5. The molecule has 1 N–H and O–H groups in total. The summed E-state index contributed by atoms with van der Waals surface area (Å²) in [5.74, 6) is 1.35. The number of anilines is 2. The molecule has 0 aliphatic heterocycles. The highest BCUT2D eigenvalue weighted by molar-refractivity contribution is 7.17. The van der Waals surface area contributed by atoms with Gasteiger partial charge in [-0.3, -0.25) is 4.79 Å². The fourth-order valence-electron chi connectivity index (χ4n) is 2.82. The second kappa shape index (κ2) is 10.0. The van der Waals surface area contributed by atoms with E-state index in [9.17, 15) is 4.79 Å². The Hall–Kier alpha value is -2.74. The Morgan fingerprint density at radius 2 is 1.71 bits per heavy atom. The topological polar surface area (TPSA) is 69.7 Å². The molecule has 0 saturated heterocycles. The monoisotopic (exact) mass is 478 g/mol. The number of hydrogen-bond acceptors (Lipinski definition) is 7. The van der Waals surface area contributed by atoms with Crippen LogP contribution in [0, 0.1) is 6.92 Å². The number of allylic oxidation sites excluding steroid dienone is 1. The summed E-state index contributed by atoms with van der Waals surface area (Å²) in [6.07, 6.45) is 3.18. The summed E-state index contributed by atoms with van der Waals surface area (Å²) in [4.78, 5) is 17.7. The number of thiazole rings is 1. The van der Waals surface area contributed by atoms with Crippen molar-refractivity contribution in [1.82, 2.24) is 4.98 Å². The molecule has 1 aromatic heterocycles. The molecule has 0 atom stereocenters. The van der Waals surface area contributed by atoms with Crippen molar-refractivity contribution in [3.8, 4) is 17.2 Å². The lowest BCUT2D eigenvalue weighted by Gasteiger charge is -2.12. The van der Waals surface area contributed by atoms with Crippen LogP contribution >= 0.6 is 34.5 Å². The Bertz CT molecular complexity index is 1120. The van der Waals surface area contributed by atoms with Crippen LogP contribution in [0.15, 0.2) is 36.4 Å². The number of rotatable bonds is 8. The van der Waals surface area contributed by atoms with E-state index in [4.69, 9.17) is 37.4 Å². The first kappa shape index (κ1) is 22.9. The number of aryl methyl sites for hydroxylation is 1. The standard InChI is InChI=1S/C22H20Cl2N2O4S/c1-12-21(31-22(25-12)26-14-6-7-15(23)16(24)11-14)17(27)8-5-13-9-18(28-2)20(30-4)19(10-13)29-3/h5-11H,1-4H3,(H,25,26)/b8-5+. The van der Waals surface area contributed by atoms with E-state index in [-0.39, 0.29) is 5.78 Å². The maximum Gasteiger partial charge on any atom is 0.203 e. The van der Waals surface area contributed by atoms with E-state index in [2.05, 4.69) is 10.3 Å². The molecule has 3 aromatic rings. The molecule has 0 bridgehead atoms. The molecule has 0 fully saturated rings. The van der Waals surface area contributed by atoms with Gasteiger partial charge in [0.1, 0.15) is 0 Å². The zero-order valence-electron chi connectivity index (χ0n) is 17.3. The van der Waals surface area contributed by atoms with Crippen LogP contribution in [0.4, 0.5) is 10.8 Å². The van der Waals surface area contributed by atoms with Gasteiger partial charge in [0.05, 0.1) is 41.9 Å². The van der Waals surface area contributed by atoms with Crippen molar-refractivity contribution in [2.24, 2.45) is 0 Å². The maximum atomic E-state index is 12.8. The first-order valence-corrected chi connectivity index (χ1v) is 10.7. The summed E-state index contributed by atoms with van der Waals surface area (Å²) in [5, 5.41) is 4.63. The van der Waals surface area contributed by atoms with Gasteiger partial charge in [-0.2, -0.15) is 0 Å². The lowest BCUT2D eigenvalue weighted by molar-refractivity contribution is 0.105. The molecule has 2 aromatic carbocycles. The molecule has 0 amide bonds. The predicted octanol–water partition coefficient (Wildman–Crippen LogP) is 6.42. The molecule has 9 heteroatoms. The third-order valence-corrected chi connectivity index (χ3v) is 6.13. The number of carbonyl (C=O) groups is 1. The smallest absolute Gasteiger partial charge is 0.203 e. The summed E-state index contributed by atoms with van der Waals surface area (Å²) in [7, 11) is 4.62. The Morgan fingerprint density at radius 1 is 1.03 bits per heavy atom. The zero-order chi connectivity index (χ0) is 22.5. The van der Waals surface area contributed by atoms with Gasteiger partial charge >= 0.3 is 0 Å². The molecule has 1 heterocycles. The second-order valence-corrected chi connectivity index (χ2v) is 8.16. The van der Waals surface area contributed by atoms with E-state index in [1.165, 1.54) is 24.5 Å². The number of nitrogens with zero attached hydrogens (tertiary/aromatic N) is 1. The molecule has 162 valence electrons. The molecule has 3 rings (SSSR count). The summed E-state index contributed by atoms with van der Waals surface area (Å²) in [5.41, 5.74) is 2.10. The van der Waals surface area contributed by atoms with Crippen LogP contribution in [0.25, 0.3) is 6.08 Å². The number of ether oxygens (including phenoxy) is 3. The average Bonchev–Trinajstić information content (AvgIpc) is 3.13. The first-order valence-electron chi connectivity index (χ1n) is 9.08. The summed E-state index contributed by atoms with van der Waals surface area (Å²) in [6, 6.07) is 8.71. The normalized spacial score (nSPS) is 10.9. The molecule has 0 unspecified atom stereocenters. The van der Waals surface area contributed by atoms with Gasteiger partial charge in [0.25, 0.3) is 0 Å². The van der Waals surface area contributed by atoms with Crippen LogP contribution in [0.3, 0.4) is 0 Å². The largest absolute Gasteiger partial charge is 0.493 e. The number of ketones is 1. The maximum absolute atomic E-state index is 12.8. The van der Waals surface area contributed by atoms with Crippen LogP contribution in [0.1, 0.15) is 20.9 Å². The minimum atomic E-state index is -0.161. The summed E-state index contributed by atoms with van der Waals surface area (Å²) < 4.78 is 16.0. The van der Waals surface area contributed by atoms with Gasteiger partial charge in [-0.1, -0.05) is 40.6 Å². The minimum absolute atomic E-state index is 0.161. The van der Waals surface area contributed by atoms with Gasteiger partial charge in [0.15, 0.2) is 22.4 Å². The first-order chi connectivity index (χ1) is 14.9. The number of halogens is 2. The number of carbonyl (C=O) groups excluding carboxylic acids is 1. The molecule has 0 saturated carbocycles. The third kappa shape index (κ3) is 5.31. The van der Waals surface area contributed by atoms with E-state index in [1.807, 2.05) is 0 Å². The zero-order valence-corrected chi connectivity index (χ0v) is 19.6. The average molecular weight is 479 g/mol. The molecule has 0 spiro atoms. The molecule has 0 aliphatic rings. The van der Waals surface area contributed by atoms with Gasteiger partial charge < -0.3 is 19.5 Å². The van der Waals surface area contributed by atoms with Crippen LogP contribution in [-0.4, -0.2) is 32.1 Å². The molecule has 0 aliphatic carbocycles. The Balaban J connectivity index is 1.81. The molecular formula is C22H20Cl2N2O4S. The summed E-state index contributed by atoms with van der Waals surface area (Å²) >= 11 is 13.3. The Labute approximate surface area is 194 Å². The molecule has 0 radical (unpaired) electrons. The minimum Gasteiger partial charge on any atom is -0.493 e. The van der Waals surface area contributed by atoms with Gasteiger partial charge in [-0.05, 0) is 48.9 Å². The molecule has 6 nitrogen and oxygen atoms in total. The Kier molecular flexibility index (Phi) is 7.43. The second-order valence-electron chi connectivity index (χ2n) is 6.34. The lowest BCUT2D eigenvalue weighted by atomic mass is 10.1. The van der Waals surface area contributed by atoms with E-state index >= 15 is 0 Å². The van der Waals surface area contributed by atoms with E-state index in [1.54, 1.807) is 57.6 Å². The highest BCUT2D eigenvalue weighted by Crippen LogP contribution is 2.38. The summed E-state index contributed by atoms with van der Waals surface area (Å²) in [6.45, 7) is 1.79. The van der Waals surface area contributed by atoms with Crippen molar-refractivity contribution in [3.05, 3.63) is 62.6 Å². The number of hydrogen-bond donors (Lipinski definition) is 1. The Morgan fingerprint density at radius 3 is 2.29 bits per heavy atom. The predicted molar refractivity (Wildman–Crippen MR) is 126 cm³/mol. The van der Waals surface area contributed by atoms with Gasteiger partial charge in [0, 0.05) is 5.69 Å². The van der Waals surface area contributed by atoms with Crippen molar-refractivity contribution >= 4 is 57.2 Å². The number of nitrogens with one attached hydrogen (secondary N) is 1. The van der Waals surface area contributed by atoms with Crippen molar-refractivity contribution in [2.75, 3.05) is 26.6 Å². The third-order valence-electron chi connectivity index (χ3n) is 4.31. The van der Waals surface area contributed by atoms with Crippen molar-refractivity contribution in [2.45, 2.75) is 6.92 Å². The highest BCUT2D eigenvalue weighted by Gasteiger charge is 2.15. The van der Waals surface area contributed by atoms with Crippen LogP contribution in [0.5, 0.6) is 17.2 Å². The number of methoxy groups -OCH3 is 3. The van der Waals surface area contributed by atoms with E-state index < -0.39 is 0 Å². The lowest BCUT2D eigenvalue weighted by Crippen LogP contribution is -1.96. The van der Waals surface area contributed by atoms with E-state index in [0.717, 1.165) is 11.3 Å². The number of benzene rings is 2. The fourth-order valence-corrected chi connectivity index (χ4v) is 4.03. The van der Waals surface area contributed by atoms with Gasteiger partial charge in [-0.25, -0.2) is 4.98 Å². The van der Waals surface area contributed by atoms with Crippen molar-refractivity contribution in [3.63, 3.8) is 0 Å².